The zero-order chi connectivity index (χ0) is 12.4. The summed E-state index contributed by atoms with van der Waals surface area (Å²) in [7, 11) is 0. The fourth-order valence-electron chi connectivity index (χ4n) is 1.73. The molecular formula is C11H14ClN5. The number of hydrogen-bond acceptors (Lipinski definition) is 4. The van der Waals surface area contributed by atoms with E-state index in [0.29, 0.717) is 23.8 Å². The van der Waals surface area contributed by atoms with Crippen LogP contribution in [0.5, 0.6) is 0 Å². The van der Waals surface area contributed by atoms with Gasteiger partial charge in [0, 0.05) is 6.42 Å². The number of hydrogen-bond donors (Lipinski definition) is 1. The third-order valence-corrected chi connectivity index (χ3v) is 2.71. The molecule has 0 atom stereocenters. The first-order valence-electron chi connectivity index (χ1n) is 5.38. The maximum absolute atomic E-state index is 6.20. The highest BCUT2D eigenvalue weighted by Crippen LogP contribution is 2.24. The van der Waals surface area contributed by atoms with E-state index in [9.17, 15) is 0 Å². The molecule has 6 heteroatoms. The van der Waals surface area contributed by atoms with Crippen molar-refractivity contribution in [1.82, 2.24) is 20.2 Å². The molecule has 1 aromatic heterocycles. The van der Waals surface area contributed by atoms with Crippen molar-refractivity contribution in [3.63, 3.8) is 0 Å². The lowest BCUT2D eigenvalue weighted by atomic mass is 10.1. The second kappa shape index (κ2) is 4.81. The number of aryl methyl sites for hydroxylation is 2. The molecule has 0 saturated carbocycles. The molecule has 2 aromatic rings. The molecule has 0 amide bonds. The third kappa shape index (κ3) is 2.45. The van der Waals surface area contributed by atoms with Gasteiger partial charge in [-0.3, -0.25) is 0 Å². The second-order valence-electron chi connectivity index (χ2n) is 3.95. The van der Waals surface area contributed by atoms with Gasteiger partial charge in [-0.25, -0.2) is 0 Å². The number of nitrogens with zero attached hydrogens (tertiary/aromatic N) is 4. The summed E-state index contributed by atoms with van der Waals surface area (Å²) < 4.78 is 0. The Balaban J connectivity index is 2.45. The lowest BCUT2D eigenvalue weighted by Crippen LogP contribution is -2.06. The Kier molecular flexibility index (Phi) is 3.40. The number of aromatic nitrogens is 4. The van der Waals surface area contributed by atoms with E-state index in [-0.39, 0.29) is 0 Å². The van der Waals surface area contributed by atoms with Gasteiger partial charge < -0.3 is 5.73 Å². The van der Waals surface area contributed by atoms with Crippen LogP contribution in [0.1, 0.15) is 17.0 Å². The van der Waals surface area contributed by atoms with E-state index in [4.69, 9.17) is 17.3 Å². The number of rotatable bonds is 3. The molecular weight excluding hydrogens is 238 g/mol. The van der Waals surface area contributed by atoms with Gasteiger partial charge in [0.05, 0.1) is 5.02 Å². The Labute approximate surface area is 105 Å². The quantitative estimate of drug-likeness (QED) is 0.896. The SMILES string of the molecule is Cc1cc(C)c(-n2nnc(CCN)n2)c(Cl)c1. The van der Waals surface area contributed by atoms with Crippen molar-refractivity contribution in [3.8, 4) is 5.69 Å². The van der Waals surface area contributed by atoms with E-state index in [1.807, 2.05) is 26.0 Å². The zero-order valence-electron chi connectivity index (χ0n) is 9.81. The highest BCUT2D eigenvalue weighted by Gasteiger charge is 2.11. The van der Waals surface area contributed by atoms with Gasteiger partial charge in [0.25, 0.3) is 0 Å². The minimum atomic E-state index is 0.506. The van der Waals surface area contributed by atoms with Gasteiger partial charge in [0.2, 0.25) is 0 Å². The molecule has 0 aliphatic rings. The first-order chi connectivity index (χ1) is 8.11. The maximum Gasteiger partial charge on any atom is 0.176 e. The molecule has 2 rings (SSSR count). The highest BCUT2D eigenvalue weighted by atomic mass is 35.5. The highest BCUT2D eigenvalue weighted by molar-refractivity contribution is 6.32. The fraction of sp³-hybridized carbons (Fsp3) is 0.364. The van der Waals surface area contributed by atoms with Crippen molar-refractivity contribution in [2.75, 3.05) is 6.54 Å². The van der Waals surface area contributed by atoms with Gasteiger partial charge in [-0.2, -0.15) is 0 Å². The molecule has 0 fully saturated rings. The van der Waals surface area contributed by atoms with E-state index in [1.165, 1.54) is 4.80 Å². The van der Waals surface area contributed by atoms with Crippen LogP contribution in [0.2, 0.25) is 5.02 Å². The summed E-state index contributed by atoms with van der Waals surface area (Å²) in [5, 5.41) is 12.8. The monoisotopic (exact) mass is 251 g/mol. The largest absolute Gasteiger partial charge is 0.330 e. The molecule has 0 bridgehead atoms. The van der Waals surface area contributed by atoms with Gasteiger partial charge in [0.15, 0.2) is 5.82 Å². The number of nitrogens with two attached hydrogens (primary N) is 1. The maximum atomic E-state index is 6.20. The van der Waals surface area contributed by atoms with Crippen LogP contribution in [-0.4, -0.2) is 26.8 Å². The second-order valence-corrected chi connectivity index (χ2v) is 4.35. The standard InChI is InChI=1S/C11H14ClN5/c1-7-5-8(2)11(9(12)6-7)17-15-10(3-4-13)14-16-17/h5-6H,3-4,13H2,1-2H3. The summed E-state index contributed by atoms with van der Waals surface area (Å²) in [6.07, 6.45) is 0.614. The molecule has 1 heterocycles. The summed E-state index contributed by atoms with van der Waals surface area (Å²) in [6.45, 7) is 4.48. The molecule has 0 unspecified atom stereocenters. The lowest BCUT2D eigenvalue weighted by molar-refractivity contribution is 0.713. The minimum Gasteiger partial charge on any atom is -0.330 e. The molecule has 90 valence electrons. The average Bonchev–Trinajstić information content (AvgIpc) is 2.65. The van der Waals surface area contributed by atoms with E-state index in [1.54, 1.807) is 0 Å². The van der Waals surface area contributed by atoms with Crippen LogP contribution in [0.4, 0.5) is 0 Å². The number of halogens is 1. The molecule has 0 saturated heterocycles. The summed E-state index contributed by atoms with van der Waals surface area (Å²) in [5.41, 5.74) is 8.35. The van der Waals surface area contributed by atoms with Crippen LogP contribution >= 0.6 is 11.6 Å². The normalized spacial score (nSPS) is 10.8. The van der Waals surface area contributed by atoms with Crippen LogP contribution in [0.15, 0.2) is 12.1 Å². The fourth-order valence-corrected chi connectivity index (χ4v) is 2.13. The molecule has 0 aliphatic heterocycles. The predicted octanol–water partition coefficient (Wildman–Crippen LogP) is 1.43. The average molecular weight is 252 g/mol. The Morgan fingerprint density at radius 2 is 2.12 bits per heavy atom. The van der Waals surface area contributed by atoms with Crippen molar-refractivity contribution in [2.24, 2.45) is 5.73 Å². The summed E-state index contributed by atoms with van der Waals surface area (Å²) in [6, 6.07) is 3.92. The third-order valence-electron chi connectivity index (χ3n) is 2.42. The first kappa shape index (κ1) is 12.0. The van der Waals surface area contributed by atoms with Crippen LogP contribution in [0, 0.1) is 13.8 Å². The smallest absolute Gasteiger partial charge is 0.176 e. The summed E-state index contributed by atoms with van der Waals surface area (Å²) in [5.74, 6) is 0.628. The molecule has 2 N–H and O–H groups in total. The first-order valence-corrected chi connectivity index (χ1v) is 5.75. The Bertz CT molecular complexity index is 511. The van der Waals surface area contributed by atoms with Crippen LogP contribution in [0.3, 0.4) is 0 Å². The van der Waals surface area contributed by atoms with Crippen LogP contribution in [-0.2, 0) is 6.42 Å². The van der Waals surface area contributed by atoms with E-state index in [2.05, 4.69) is 15.4 Å². The molecule has 17 heavy (non-hydrogen) atoms. The van der Waals surface area contributed by atoms with Gasteiger partial charge in [0.1, 0.15) is 5.69 Å². The number of tetrazole rings is 1. The summed E-state index contributed by atoms with van der Waals surface area (Å²) >= 11 is 6.20. The number of benzene rings is 1. The zero-order valence-corrected chi connectivity index (χ0v) is 10.6. The topological polar surface area (TPSA) is 69.6 Å². The van der Waals surface area contributed by atoms with E-state index >= 15 is 0 Å². The molecule has 0 radical (unpaired) electrons. The molecule has 0 aliphatic carbocycles. The van der Waals surface area contributed by atoms with Gasteiger partial charge in [-0.05, 0) is 42.8 Å². The van der Waals surface area contributed by atoms with E-state index in [0.717, 1.165) is 16.8 Å². The van der Waals surface area contributed by atoms with Crippen molar-refractivity contribution < 1.29 is 0 Å². The molecule has 1 aromatic carbocycles. The van der Waals surface area contributed by atoms with Crippen molar-refractivity contribution in [2.45, 2.75) is 20.3 Å². The minimum absolute atomic E-state index is 0.506. The summed E-state index contributed by atoms with van der Waals surface area (Å²) in [4.78, 5) is 1.46. The van der Waals surface area contributed by atoms with Crippen molar-refractivity contribution >= 4 is 11.6 Å². The Morgan fingerprint density at radius 1 is 1.35 bits per heavy atom. The Hall–Kier alpha value is -1.46. The van der Waals surface area contributed by atoms with Crippen molar-refractivity contribution in [1.29, 1.82) is 0 Å². The van der Waals surface area contributed by atoms with Crippen LogP contribution in [0.25, 0.3) is 5.69 Å². The van der Waals surface area contributed by atoms with Gasteiger partial charge in [-0.1, -0.05) is 17.7 Å². The molecule has 5 nitrogen and oxygen atoms in total. The predicted molar refractivity (Wildman–Crippen MR) is 66.4 cm³/mol. The van der Waals surface area contributed by atoms with Crippen LogP contribution < -0.4 is 5.73 Å². The lowest BCUT2D eigenvalue weighted by Gasteiger charge is -2.07. The van der Waals surface area contributed by atoms with E-state index < -0.39 is 0 Å². The van der Waals surface area contributed by atoms with Gasteiger partial charge >= 0.3 is 0 Å². The Morgan fingerprint density at radius 3 is 2.76 bits per heavy atom. The van der Waals surface area contributed by atoms with Crippen molar-refractivity contribution in [3.05, 3.63) is 34.1 Å². The van der Waals surface area contributed by atoms with Gasteiger partial charge in [-0.15, -0.1) is 15.0 Å². The molecule has 0 spiro atoms.